The minimum absolute atomic E-state index is 0.527. The van der Waals surface area contributed by atoms with E-state index in [9.17, 15) is 0 Å². The van der Waals surface area contributed by atoms with Crippen LogP contribution in [0.2, 0.25) is 0 Å². The molecule has 1 unspecified atom stereocenters. The maximum atomic E-state index is 2.51. The lowest BCUT2D eigenvalue weighted by Crippen LogP contribution is -2.37. The summed E-state index contributed by atoms with van der Waals surface area (Å²) >= 11 is 1.89. The SMILES string of the molecule is C/C=C\C(=C/C)c1ccc(N(c2ccc3c(c2)Sc2ccccc2C32c3ccccc3-n3c4ccccc4c4cccc2c43)c2ccccc2-c2ccccc2)cc1. The van der Waals surface area contributed by atoms with Gasteiger partial charge in [0, 0.05) is 37.5 Å². The van der Waals surface area contributed by atoms with Crippen LogP contribution in [0.15, 0.2) is 216 Å². The monoisotopic (exact) mass is 760 g/mol. The van der Waals surface area contributed by atoms with Crippen LogP contribution in [0, 0.1) is 0 Å². The van der Waals surface area contributed by atoms with Crippen LogP contribution in [-0.2, 0) is 5.41 Å². The Balaban J connectivity index is 1.18. The highest BCUT2D eigenvalue weighted by molar-refractivity contribution is 7.99. The van der Waals surface area contributed by atoms with Gasteiger partial charge < -0.3 is 9.47 Å². The number of benzene rings is 8. The molecule has 0 fully saturated rings. The van der Waals surface area contributed by atoms with Crippen molar-refractivity contribution in [2.75, 3.05) is 4.90 Å². The summed E-state index contributed by atoms with van der Waals surface area (Å²) in [6.07, 6.45) is 6.46. The van der Waals surface area contributed by atoms with E-state index in [1.54, 1.807) is 0 Å². The fraction of sp³-hybridized carbons (Fsp3) is 0.0545. The van der Waals surface area contributed by atoms with Gasteiger partial charge in [0.05, 0.1) is 27.8 Å². The summed E-state index contributed by atoms with van der Waals surface area (Å²) in [5.41, 5.74) is 16.7. The molecule has 2 aliphatic rings. The van der Waals surface area contributed by atoms with Crippen molar-refractivity contribution in [3.63, 3.8) is 0 Å². The summed E-state index contributed by atoms with van der Waals surface area (Å²) in [7, 11) is 0. The van der Waals surface area contributed by atoms with E-state index in [0.29, 0.717) is 0 Å². The van der Waals surface area contributed by atoms with Gasteiger partial charge in [-0.15, -0.1) is 0 Å². The fourth-order valence-corrected chi connectivity index (χ4v) is 11.0. The molecule has 0 saturated carbocycles. The Morgan fingerprint density at radius 2 is 1.22 bits per heavy atom. The maximum Gasteiger partial charge on any atom is 0.0764 e. The zero-order valence-corrected chi connectivity index (χ0v) is 33.2. The Labute approximate surface area is 344 Å². The molecule has 3 heterocycles. The molecule has 1 aromatic heterocycles. The minimum atomic E-state index is -0.527. The van der Waals surface area contributed by atoms with Gasteiger partial charge in [0.25, 0.3) is 0 Å². The van der Waals surface area contributed by atoms with Crippen LogP contribution < -0.4 is 4.90 Å². The fourth-order valence-electron chi connectivity index (χ4n) is 9.76. The van der Waals surface area contributed by atoms with E-state index >= 15 is 0 Å². The molecule has 0 aliphatic carbocycles. The minimum Gasteiger partial charge on any atom is -0.310 e. The van der Waals surface area contributed by atoms with Gasteiger partial charge in [0.2, 0.25) is 0 Å². The second-order valence-electron chi connectivity index (χ2n) is 15.1. The van der Waals surface area contributed by atoms with Crippen molar-refractivity contribution in [1.29, 1.82) is 0 Å². The largest absolute Gasteiger partial charge is 0.310 e. The van der Waals surface area contributed by atoms with E-state index in [2.05, 4.69) is 230 Å². The number of para-hydroxylation sites is 4. The lowest BCUT2D eigenvalue weighted by atomic mass is 9.63. The smallest absolute Gasteiger partial charge is 0.0764 e. The summed E-state index contributed by atoms with van der Waals surface area (Å²) in [5, 5.41) is 2.57. The number of hydrogen-bond acceptors (Lipinski definition) is 2. The van der Waals surface area contributed by atoms with Crippen molar-refractivity contribution >= 4 is 56.2 Å². The number of nitrogens with zero attached hydrogens (tertiary/aromatic N) is 2. The molecular formula is C55H40N2S. The Morgan fingerprint density at radius 1 is 0.552 bits per heavy atom. The number of hydrogen-bond donors (Lipinski definition) is 0. The molecule has 276 valence electrons. The highest BCUT2D eigenvalue weighted by Gasteiger charge is 2.49. The van der Waals surface area contributed by atoms with Crippen LogP contribution in [0.3, 0.4) is 0 Å². The normalized spacial score (nSPS) is 15.4. The number of allylic oxidation sites excluding steroid dienone is 4. The van der Waals surface area contributed by atoms with Crippen molar-refractivity contribution in [2.45, 2.75) is 29.1 Å². The molecule has 58 heavy (non-hydrogen) atoms. The van der Waals surface area contributed by atoms with Crippen molar-refractivity contribution in [3.05, 3.63) is 234 Å². The molecule has 2 aliphatic heterocycles. The van der Waals surface area contributed by atoms with Gasteiger partial charge in [-0.3, -0.25) is 0 Å². The van der Waals surface area contributed by atoms with E-state index in [1.807, 2.05) is 11.8 Å². The number of anilines is 3. The molecule has 0 radical (unpaired) electrons. The zero-order chi connectivity index (χ0) is 38.8. The molecule has 1 atom stereocenters. The second kappa shape index (κ2) is 13.7. The van der Waals surface area contributed by atoms with E-state index < -0.39 is 5.41 Å². The summed E-state index contributed by atoms with van der Waals surface area (Å²) in [6, 6.07) is 69.8. The number of aromatic nitrogens is 1. The van der Waals surface area contributed by atoms with E-state index in [-0.39, 0.29) is 0 Å². The van der Waals surface area contributed by atoms with Gasteiger partial charge in [-0.1, -0.05) is 170 Å². The van der Waals surface area contributed by atoms with Crippen LogP contribution in [-0.4, -0.2) is 4.57 Å². The Morgan fingerprint density at radius 3 is 2.07 bits per heavy atom. The van der Waals surface area contributed by atoms with Gasteiger partial charge in [-0.25, -0.2) is 0 Å². The highest BCUT2D eigenvalue weighted by atomic mass is 32.2. The molecule has 0 bridgehead atoms. The van der Waals surface area contributed by atoms with Gasteiger partial charge in [-0.05, 0) is 101 Å². The third-order valence-corrected chi connectivity index (χ3v) is 13.3. The van der Waals surface area contributed by atoms with Crippen molar-refractivity contribution < 1.29 is 0 Å². The number of rotatable bonds is 6. The predicted octanol–water partition coefficient (Wildman–Crippen LogP) is 15.1. The first-order valence-electron chi connectivity index (χ1n) is 20.1. The van der Waals surface area contributed by atoms with E-state index in [0.717, 1.165) is 17.1 Å². The molecule has 9 aromatic rings. The third-order valence-electron chi connectivity index (χ3n) is 12.1. The molecular weight excluding hydrogens is 721 g/mol. The van der Waals surface area contributed by atoms with Gasteiger partial charge in [0.15, 0.2) is 0 Å². The van der Waals surface area contributed by atoms with E-state index in [4.69, 9.17) is 0 Å². The molecule has 1 spiro atoms. The Kier molecular flexibility index (Phi) is 8.13. The lowest BCUT2D eigenvalue weighted by molar-refractivity contribution is 0.689. The Hall–Kier alpha value is -6.81. The van der Waals surface area contributed by atoms with Crippen LogP contribution in [0.4, 0.5) is 17.1 Å². The average Bonchev–Trinajstić information content (AvgIpc) is 3.63. The van der Waals surface area contributed by atoms with E-state index in [1.165, 1.54) is 81.8 Å². The molecule has 0 saturated heterocycles. The van der Waals surface area contributed by atoms with Crippen LogP contribution in [0.5, 0.6) is 0 Å². The average molecular weight is 761 g/mol. The third kappa shape index (κ3) is 5.00. The second-order valence-corrected chi connectivity index (χ2v) is 16.2. The topological polar surface area (TPSA) is 8.17 Å². The van der Waals surface area contributed by atoms with Crippen molar-refractivity contribution in [1.82, 2.24) is 4.57 Å². The first-order chi connectivity index (χ1) is 28.7. The van der Waals surface area contributed by atoms with Gasteiger partial charge in [0.1, 0.15) is 0 Å². The molecule has 8 aromatic carbocycles. The number of fused-ring (bicyclic) bond motifs is 11. The van der Waals surface area contributed by atoms with Gasteiger partial charge in [-0.2, -0.15) is 0 Å². The summed E-state index contributed by atoms with van der Waals surface area (Å²) in [5.74, 6) is 0. The van der Waals surface area contributed by atoms with Gasteiger partial charge >= 0.3 is 0 Å². The molecule has 3 heteroatoms. The summed E-state index contributed by atoms with van der Waals surface area (Å²) in [4.78, 5) is 4.99. The van der Waals surface area contributed by atoms with Crippen LogP contribution in [0.1, 0.15) is 41.7 Å². The quantitative estimate of drug-likeness (QED) is 0.156. The lowest BCUT2D eigenvalue weighted by Gasteiger charge is -2.45. The highest BCUT2D eigenvalue weighted by Crippen LogP contribution is 2.61. The zero-order valence-electron chi connectivity index (χ0n) is 32.4. The molecule has 0 amide bonds. The first-order valence-corrected chi connectivity index (χ1v) is 20.9. The standard InChI is InChI=1S/C55H40N2S/c1-3-17-37(4-2)38-30-32-40(33-31-38)56(49-26-12-8-20-42(49)39-18-6-5-7-19-39)41-34-35-47-53(36-41)58-52-29-15-11-24-46(52)55(47)45-23-10-14-28-51(45)57-50-27-13-9-21-43(50)44-22-16-25-48(55)54(44)57/h3-36H,1-2H3/b17-3-,37-4+. The first kappa shape index (κ1) is 34.4. The summed E-state index contributed by atoms with van der Waals surface area (Å²) in [6.45, 7) is 4.18. The molecule has 11 rings (SSSR count). The van der Waals surface area contributed by atoms with Crippen molar-refractivity contribution in [3.8, 4) is 16.8 Å². The molecule has 0 N–H and O–H groups in total. The predicted molar refractivity (Wildman–Crippen MR) is 245 cm³/mol. The summed E-state index contributed by atoms with van der Waals surface area (Å²) < 4.78 is 2.51. The van der Waals surface area contributed by atoms with Crippen molar-refractivity contribution in [2.24, 2.45) is 0 Å². The van der Waals surface area contributed by atoms with Crippen LogP contribution in [0.25, 0.3) is 44.2 Å². The molecule has 2 nitrogen and oxygen atoms in total. The van der Waals surface area contributed by atoms with Crippen LogP contribution >= 0.6 is 11.8 Å². The Bertz CT molecular complexity index is 3110. The maximum absolute atomic E-state index is 2.51.